The molecule has 1 aliphatic rings. The normalized spacial score (nSPS) is 17.7. The molecule has 0 radical (unpaired) electrons. The molecular weight excluding hydrogens is 520 g/mol. The largest absolute Gasteiger partial charge is 0.497 e. The molecule has 0 aliphatic carbocycles. The highest BCUT2D eigenvalue weighted by Crippen LogP contribution is 2.38. The molecule has 1 N–H and O–H groups in total. The molecule has 1 aliphatic heterocycles. The van der Waals surface area contributed by atoms with Gasteiger partial charge in [0.2, 0.25) is 11.9 Å². The molecule has 10 nitrogen and oxygen atoms in total. The van der Waals surface area contributed by atoms with Crippen molar-refractivity contribution in [2.75, 3.05) is 46.2 Å². The van der Waals surface area contributed by atoms with Gasteiger partial charge in [0, 0.05) is 74.1 Å². The van der Waals surface area contributed by atoms with Crippen molar-refractivity contribution in [2.45, 2.75) is 38.9 Å². The molecule has 1 aromatic carbocycles. The molecule has 4 rings (SSSR count). The quantitative estimate of drug-likeness (QED) is 0.400. The minimum Gasteiger partial charge on any atom is -0.497 e. The summed E-state index contributed by atoms with van der Waals surface area (Å²) in [6.45, 7) is 10.3. The highest BCUT2D eigenvalue weighted by atomic mass is 35.5. The van der Waals surface area contributed by atoms with E-state index in [9.17, 15) is 9.59 Å². The van der Waals surface area contributed by atoms with E-state index in [4.69, 9.17) is 21.1 Å². The minimum absolute atomic E-state index is 0.0453. The second-order valence-electron chi connectivity index (χ2n) is 9.67. The minimum atomic E-state index is -0.219. The maximum atomic E-state index is 14.0. The molecule has 1 fully saturated rings. The zero-order valence-corrected chi connectivity index (χ0v) is 23.8. The number of nitrogens with one attached hydrogen (secondary N) is 1. The van der Waals surface area contributed by atoms with E-state index in [0.29, 0.717) is 70.7 Å². The van der Waals surface area contributed by atoms with E-state index in [1.165, 1.54) is 13.2 Å². The maximum absolute atomic E-state index is 14.0. The van der Waals surface area contributed by atoms with Crippen LogP contribution in [0.25, 0.3) is 22.2 Å². The van der Waals surface area contributed by atoms with Crippen molar-refractivity contribution < 1.29 is 14.3 Å². The van der Waals surface area contributed by atoms with Gasteiger partial charge in [0.15, 0.2) is 0 Å². The Morgan fingerprint density at radius 3 is 2.49 bits per heavy atom. The SMILES string of the molecule is C=CC(=O)N1CC(C)N(CCCn2c(=O)c(-c3cc(OC)cc(OC)c3Cl)cc3cnc(NC)nc32)C(C)C1. The zero-order valence-electron chi connectivity index (χ0n) is 23.0. The lowest BCUT2D eigenvalue weighted by Gasteiger charge is -2.44. The van der Waals surface area contributed by atoms with Crippen LogP contribution < -0.4 is 20.3 Å². The molecule has 2 aromatic heterocycles. The molecule has 2 atom stereocenters. The van der Waals surface area contributed by atoms with Gasteiger partial charge in [-0.15, -0.1) is 0 Å². The zero-order chi connectivity index (χ0) is 28.3. The first kappa shape index (κ1) is 28.4. The molecule has 2 unspecified atom stereocenters. The summed E-state index contributed by atoms with van der Waals surface area (Å²) in [7, 11) is 4.80. The Morgan fingerprint density at radius 2 is 1.87 bits per heavy atom. The first-order chi connectivity index (χ1) is 18.7. The lowest BCUT2D eigenvalue weighted by atomic mass is 10.0. The number of hydrogen-bond acceptors (Lipinski definition) is 8. The van der Waals surface area contributed by atoms with Crippen LogP contribution in [-0.4, -0.2) is 83.2 Å². The number of nitrogens with zero attached hydrogens (tertiary/aromatic N) is 5. The molecule has 0 saturated carbocycles. The van der Waals surface area contributed by atoms with E-state index in [-0.39, 0.29) is 23.6 Å². The summed E-state index contributed by atoms with van der Waals surface area (Å²) in [6.07, 6.45) is 3.76. The summed E-state index contributed by atoms with van der Waals surface area (Å²) in [6, 6.07) is 5.53. The third-order valence-corrected chi connectivity index (χ3v) is 7.58. The number of hydrogen-bond donors (Lipinski definition) is 1. The molecule has 3 aromatic rings. The number of ether oxygens (including phenoxy) is 2. The molecular formula is C28H35ClN6O4. The number of fused-ring (bicyclic) bond motifs is 1. The van der Waals surface area contributed by atoms with Gasteiger partial charge in [0.1, 0.15) is 17.1 Å². The lowest BCUT2D eigenvalue weighted by Crippen LogP contribution is -2.58. The average molecular weight is 555 g/mol. The van der Waals surface area contributed by atoms with Gasteiger partial charge >= 0.3 is 0 Å². The Hall–Kier alpha value is -3.63. The van der Waals surface area contributed by atoms with E-state index in [1.54, 1.807) is 43.1 Å². The van der Waals surface area contributed by atoms with Crippen LogP contribution in [-0.2, 0) is 11.3 Å². The van der Waals surface area contributed by atoms with Gasteiger partial charge in [-0.1, -0.05) is 18.2 Å². The van der Waals surface area contributed by atoms with Crippen LogP contribution in [0.1, 0.15) is 20.3 Å². The van der Waals surface area contributed by atoms with Crippen molar-refractivity contribution in [3.8, 4) is 22.6 Å². The number of anilines is 1. The van der Waals surface area contributed by atoms with Crippen LogP contribution in [0.5, 0.6) is 11.5 Å². The first-order valence-electron chi connectivity index (χ1n) is 12.9. The van der Waals surface area contributed by atoms with Crippen LogP contribution >= 0.6 is 11.6 Å². The number of benzene rings is 1. The van der Waals surface area contributed by atoms with Crippen molar-refractivity contribution in [3.63, 3.8) is 0 Å². The summed E-state index contributed by atoms with van der Waals surface area (Å²) in [5.41, 5.74) is 1.24. The number of amides is 1. The summed E-state index contributed by atoms with van der Waals surface area (Å²) in [4.78, 5) is 39.3. The summed E-state index contributed by atoms with van der Waals surface area (Å²) in [5, 5.41) is 3.98. The van der Waals surface area contributed by atoms with Gasteiger partial charge in [-0.3, -0.25) is 19.1 Å². The molecule has 0 bridgehead atoms. The highest BCUT2D eigenvalue weighted by molar-refractivity contribution is 6.35. The number of carbonyl (C=O) groups excluding carboxylic acids is 1. The Bertz CT molecular complexity index is 1430. The van der Waals surface area contributed by atoms with Crippen LogP contribution in [0.15, 0.2) is 41.8 Å². The summed E-state index contributed by atoms with van der Waals surface area (Å²) in [5.74, 6) is 1.32. The number of aryl methyl sites for hydroxylation is 1. The van der Waals surface area contributed by atoms with Crippen molar-refractivity contribution in [2.24, 2.45) is 0 Å². The van der Waals surface area contributed by atoms with Crippen molar-refractivity contribution in [1.29, 1.82) is 0 Å². The number of carbonyl (C=O) groups is 1. The van der Waals surface area contributed by atoms with E-state index in [2.05, 4.69) is 40.6 Å². The Balaban J connectivity index is 1.70. The molecule has 1 saturated heterocycles. The number of rotatable bonds is 9. The summed E-state index contributed by atoms with van der Waals surface area (Å²) >= 11 is 6.67. The van der Waals surface area contributed by atoms with Gasteiger partial charge in [-0.2, -0.15) is 4.98 Å². The van der Waals surface area contributed by atoms with Crippen molar-refractivity contribution >= 4 is 34.5 Å². The third kappa shape index (κ3) is 5.72. The van der Waals surface area contributed by atoms with Gasteiger partial charge in [-0.05, 0) is 38.5 Å². The number of methoxy groups -OCH3 is 2. The van der Waals surface area contributed by atoms with Crippen LogP contribution in [0.4, 0.5) is 5.95 Å². The van der Waals surface area contributed by atoms with Gasteiger partial charge < -0.3 is 19.7 Å². The smallest absolute Gasteiger partial charge is 0.260 e. The highest BCUT2D eigenvalue weighted by Gasteiger charge is 2.30. The van der Waals surface area contributed by atoms with Gasteiger partial charge in [0.25, 0.3) is 5.56 Å². The molecule has 208 valence electrons. The van der Waals surface area contributed by atoms with Crippen molar-refractivity contribution in [3.05, 3.63) is 52.4 Å². The number of pyridine rings is 1. The average Bonchev–Trinajstić information content (AvgIpc) is 2.94. The van der Waals surface area contributed by atoms with E-state index < -0.39 is 0 Å². The number of aromatic nitrogens is 3. The standard InChI is InChI=1S/C28H35ClN6O4/c1-7-24(36)33-15-17(2)34(18(3)16-33)9-8-10-35-26-19(14-31-28(30-4)32-26)11-22(27(35)37)21-12-20(38-5)13-23(39-6)25(21)29/h7,11-14,17-18H,1,8-10,15-16H2,2-6H3,(H,30,31,32). The van der Waals surface area contributed by atoms with Crippen LogP contribution in [0.3, 0.4) is 0 Å². The first-order valence-corrected chi connectivity index (χ1v) is 13.3. The van der Waals surface area contributed by atoms with Crippen molar-refractivity contribution in [1.82, 2.24) is 24.3 Å². The fourth-order valence-electron chi connectivity index (χ4n) is 5.23. The second-order valence-corrected chi connectivity index (χ2v) is 10.0. The fraction of sp³-hybridized carbons (Fsp3) is 0.429. The molecule has 3 heterocycles. The number of piperazine rings is 1. The second kappa shape index (κ2) is 12.0. The van der Waals surface area contributed by atoms with E-state index >= 15 is 0 Å². The van der Waals surface area contributed by atoms with E-state index in [1.807, 2.05) is 4.90 Å². The topological polar surface area (TPSA) is 102 Å². The third-order valence-electron chi connectivity index (χ3n) is 7.19. The molecule has 11 heteroatoms. The summed E-state index contributed by atoms with van der Waals surface area (Å²) < 4.78 is 12.5. The lowest BCUT2D eigenvalue weighted by molar-refractivity contribution is -0.130. The fourth-order valence-corrected chi connectivity index (χ4v) is 5.52. The monoisotopic (exact) mass is 554 g/mol. The predicted octanol–water partition coefficient (Wildman–Crippen LogP) is 3.67. The van der Waals surface area contributed by atoms with Gasteiger partial charge in [-0.25, -0.2) is 4.98 Å². The molecule has 39 heavy (non-hydrogen) atoms. The molecule has 1 amide bonds. The van der Waals surface area contributed by atoms with Gasteiger partial charge in [0.05, 0.1) is 19.2 Å². The Labute approximate surface area is 233 Å². The Morgan fingerprint density at radius 1 is 1.15 bits per heavy atom. The van der Waals surface area contributed by atoms with E-state index in [0.717, 1.165) is 6.54 Å². The number of halogens is 1. The van der Waals surface area contributed by atoms with Crippen LogP contribution in [0, 0.1) is 0 Å². The van der Waals surface area contributed by atoms with Crippen LogP contribution in [0.2, 0.25) is 5.02 Å². The predicted molar refractivity (Wildman–Crippen MR) is 154 cm³/mol. The maximum Gasteiger partial charge on any atom is 0.260 e. The Kier molecular flexibility index (Phi) is 8.76. The molecule has 0 spiro atoms.